The van der Waals surface area contributed by atoms with E-state index >= 15 is 0 Å². The molecule has 0 atom stereocenters. The van der Waals surface area contributed by atoms with Crippen LogP contribution in [-0.2, 0) is 13.1 Å². The molecule has 0 saturated carbocycles. The Labute approximate surface area is 191 Å². The summed E-state index contributed by atoms with van der Waals surface area (Å²) in [6.07, 6.45) is 0. The summed E-state index contributed by atoms with van der Waals surface area (Å²) in [4.78, 5) is 21.3. The van der Waals surface area contributed by atoms with Gasteiger partial charge in [0.25, 0.3) is 5.91 Å². The van der Waals surface area contributed by atoms with Crippen molar-refractivity contribution in [2.75, 3.05) is 31.0 Å². The molecule has 1 N–H and O–H groups in total. The minimum Gasteiger partial charge on any atom is -0.473 e. The molecule has 2 heterocycles. The van der Waals surface area contributed by atoms with Crippen LogP contribution in [0.3, 0.4) is 0 Å². The molecule has 0 aliphatic carbocycles. The fraction of sp³-hybridized carbons (Fsp3) is 0.200. The van der Waals surface area contributed by atoms with Crippen molar-refractivity contribution in [3.8, 4) is 5.75 Å². The molecule has 3 aromatic carbocycles. The largest absolute Gasteiger partial charge is 0.473 e. The number of ether oxygens (including phenoxy) is 1. The summed E-state index contributed by atoms with van der Waals surface area (Å²) in [5.41, 5.74) is 3.75. The van der Waals surface area contributed by atoms with Crippen molar-refractivity contribution in [1.82, 2.24) is 9.88 Å². The molecule has 6 nitrogen and oxygen atoms in total. The summed E-state index contributed by atoms with van der Waals surface area (Å²) in [6.45, 7) is 1.98. The topological polar surface area (TPSA) is 57.7 Å². The number of anilines is 2. The Morgan fingerprint density at radius 2 is 1.94 bits per heavy atom. The molecule has 162 valence electrons. The highest BCUT2D eigenvalue weighted by atomic mass is 32.1. The molecule has 7 heteroatoms. The van der Waals surface area contributed by atoms with E-state index in [0.29, 0.717) is 17.4 Å². The molecule has 32 heavy (non-hydrogen) atoms. The van der Waals surface area contributed by atoms with E-state index in [1.807, 2.05) is 54.7 Å². The number of aromatic nitrogens is 1. The van der Waals surface area contributed by atoms with E-state index < -0.39 is 0 Å². The zero-order valence-corrected chi connectivity index (χ0v) is 18.9. The fourth-order valence-electron chi connectivity index (χ4n) is 3.92. The highest BCUT2D eigenvalue weighted by Crippen LogP contribution is 2.34. The summed E-state index contributed by atoms with van der Waals surface area (Å²) in [5.74, 6) is 0.779. The Bertz CT molecular complexity index is 1270. The van der Waals surface area contributed by atoms with Crippen molar-refractivity contribution in [3.63, 3.8) is 0 Å². The van der Waals surface area contributed by atoms with Crippen molar-refractivity contribution in [2.45, 2.75) is 13.1 Å². The third-order valence-electron chi connectivity index (χ3n) is 5.47. The van der Waals surface area contributed by atoms with E-state index in [9.17, 15) is 4.79 Å². The van der Waals surface area contributed by atoms with Gasteiger partial charge in [0.05, 0.1) is 12.2 Å². The maximum Gasteiger partial charge on any atom is 0.257 e. The third kappa shape index (κ3) is 4.17. The van der Waals surface area contributed by atoms with E-state index in [0.717, 1.165) is 30.2 Å². The first-order valence-electron chi connectivity index (χ1n) is 10.5. The second kappa shape index (κ2) is 8.61. The van der Waals surface area contributed by atoms with Crippen LogP contribution in [0.15, 0.2) is 66.0 Å². The minimum atomic E-state index is -0.159. The summed E-state index contributed by atoms with van der Waals surface area (Å²) in [7, 11) is 3.99. The molecule has 4 aromatic rings. The Balaban J connectivity index is 1.29. The van der Waals surface area contributed by atoms with Crippen molar-refractivity contribution in [1.29, 1.82) is 0 Å². The zero-order chi connectivity index (χ0) is 22.1. The van der Waals surface area contributed by atoms with Gasteiger partial charge < -0.3 is 14.5 Å². The van der Waals surface area contributed by atoms with Gasteiger partial charge in [-0.05, 0) is 55.2 Å². The molecule has 1 aliphatic heterocycles. The normalized spacial score (nSPS) is 13.2. The molecular formula is C25H24N4O2S. The van der Waals surface area contributed by atoms with Gasteiger partial charge in [0, 0.05) is 28.7 Å². The lowest BCUT2D eigenvalue weighted by Gasteiger charge is -2.31. The van der Waals surface area contributed by atoms with Crippen molar-refractivity contribution in [3.05, 3.63) is 82.9 Å². The van der Waals surface area contributed by atoms with Gasteiger partial charge in [-0.1, -0.05) is 30.3 Å². The number of thiazole rings is 1. The third-order valence-corrected chi connectivity index (χ3v) is 6.27. The van der Waals surface area contributed by atoms with Gasteiger partial charge >= 0.3 is 0 Å². The lowest BCUT2D eigenvalue weighted by Crippen LogP contribution is -2.32. The summed E-state index contributed by atoms with van der Waals surface area (Å²) in [6, 6.07) is 20.1. The molecule has 0 fully saturated rings. The number of carbonyl (C=O) groups is 1. The number of hydrogen-bond donors (Lipinski definition) is 1. The van der Waals surface area contributed by atoms with Gasteiger partial charge in [-0.15, -0.1) is 11.3 Å². The summed E-state index contributed by atoms with van der Waals surface area (Å²) in [5, 5.41) is 7.90. The van der Waals surface area contributed by atoms with Gasteiger partial charge in [0.1, 0.15) is 5.75 Å². The first-order valence-corrected chi connectivity index (χ1v) is 11.3. The number of hydrogen-bond acceptors (Lipinski definition) is 6. The SMILES string of the molecule is CN(C)Cc1csc(NC(=O)c2ccc(N3COc4ccc5ccccc5c4C3)cc2)n1. The van der Waals surface area contributed by atoms with Crippen LogP contribution in [0, 0.1) is 0 Å². The molecule has 0 spiro atoms. The van der Waals surface area contributed by atoms with Crippen LogP contribution >= 0.6 is 11.3 Å². The maximum absolute atomic E-state index is 12.7. The van der Waals surface area contributed by atoms with Crippen LogP contribution in [0.2, 0.25) is 0 Å². The number of amides is 1. The molecule has 0 unspecified atom stereocenters. The standard InChI is InChI=1S/C25H24N4O2S/c1-28(2)13-19-15-32-25(26-19)27-24(30)18-7-10-20(11-8-18)29-14-22-21-6-4-3-5-17(21)9-12-23(22)31-16-29/h3-12,15H,13-14,16H2,1-2H3,(H,26,27,30). The Hall–Kier alpha value is -3.42. The molecule has 1 amide bonds. The van der Waals surface area contributed by atoms with E-state index in [2.05, 4.69) is 45.5 Å². The fourth-order valence-corrected chi connectivity index (χ4v) is 4.61. The highest BCUT2D eigenvalue weighted by molar-refractivity contribution is 7.14. The minimum absolute atomic E-state index is 0.159. The van der Waals surface area contributed by atoms with Gasteiger partial charge in [0.15, 0.2) is 11.9 Å². The van der Waals surface area contributed by atoms with Gasteiger partial charge in [-0.3, -0.25) is 10.1 Å². The molecule has 5 rings (SSSR count). The van der Waals surface area contributed by atoms with E-state index in [1.165, 1.54) is 27.7 Å². The Morgan fingerprint density at radius 1 is 1.12 bits per heavy atom. The highest BCUT2D eigenvalue weighted by Gasteiger charge is 2.20. The van der Waals surface area contributed by atoms with Crippen LogP contribution in [0.5, 0.6) is 5.75 Å². The van der Waals surface area contributed by atoms with E-state index in [4.69, 9.17) is 4.74 Å². The predicted octanol–water partition coefficient (Wildman–Crippen LogP) is 4.97. The van der Waals surface area contributed by atoms with Crippen LogP contribution in [-0.4, -0.2) is 36.6 Å². The number of nitrogens with zero attached hydrogens (tertiary/aromatic N) is 3. The smallest absolute Gasteiger partial charge is 0.257 e. The van der Waals surface area contributed by atoms with E-state index in [-0.39, 0.29) is 5.91 Å². The van der Waals surface area contributed by atoms with Crippen LogP contribution in [0.4, 0.5) is 10.8 Å². The lowest BCUT2D eigenvalue weighted by molar-refractivity contribution is 0.102. The zero-order valence-electron chi connectivity index (χ0n) is 18.0. The predicted molar refractivity (Wildman–Crippen MR) is 130 cm³/mol. The summed E-state index contributed by atoms with van der Waals surface area (Å²) < 4.78 is 6.02. The van der Waals surface area contributed by atoms with Gasteiger partial charge in [0.2, 0.25) is 0 Å². The average Bonchev–Trinajstić information content (AvgIpc) is 3.24. The second-order valence-electron chi connectivity index (χ2n) is 8.12. The number of rotatable bonds is 5. The lowest BCUT2D eigenvalue weighted by atomic mass is 10.0. The number of nitrogens with one attached hydrogen (secondary N) is 1. The Morgan fingerprint density at radius 3 is 2.75 bits per heavy atom. The van der Waals surface area contributed by atoms with Crippen molar-refractivity contribution in [2.24, 2.45) is 0 Å². The first-order chi connectivity index (χ1) is 15.6. The Kier molecular flexibility index (Phi) is 5.51. The average molecular weight is 445 g/mol. The van der Waals surface area contributed by atoms with Crippen molar-refractivity contribution < 1.29 is 9.53 Å². The number of fused-ring (bicyclic) bond motifs is 3. The molecule has 1 aliphatic rings. The number of carbonyl (C=O) groups excluding carboxylic acids is 1. The number of benzene rings is 3. The first kappa shape index (κ1) is 20.5. The van der Waals surface area contributed by atoms with Gasteiger partial charge in [-0.2, -0.15) is 0 Å². The second-order valence-corrected chi connectivity index (χ2v) is 8.98. The maximum atomic E-state index is 12.7. The quantitative estimate of drug-likeness (QED) is 0.471. The monoisotopic (exact) mass is 444 g/mol. The van der Waals surface area contributed by atoms with Gasteiger partial charge in [-0.25, -0.2) is 4.98 Å². The van der Waals surface area contributed by atoms with Crippen molar-refractivity contribution >= 4 is 38.8 Å². The molecule has 0 bridgehead atoms. The van der Waals surface area contributed by atoms with Crippen LogP contribution in [0.1, 0.15) is 21.6 Å². The molecule has 0 saturated heterocycles. The van der Waals surface area contributed by atoms with Crippen LogP contribution < -0.4 is 15.0 Å². The molecular weight excluding hydrogens is 420 g/mol. The van der Waals surface area contributed by atoms with Crippen LogP contribution in [0.25, 0.3) is 10.8 Å². The summed E-state index contributed by atoms with van der Waals surface area (Å²) >= 11 is 1.44. The molecule has 1 aromatic heterocycles. The molecule has 0 radical (unpaired) electrons. The van der Waals surface area contributed by atoms with E-state index in [1.54, 1.807) is 0 Å².